The number of benzene rings is 1. The van der Waals surface area contributed by atoms with Crippen molar-refractivity contribution in [1.29, 1.82) is 0 Å². The second-order valence-corrected chi connectivity index (χ2v) is 6.55. The van der Waals surface area contributed by atoms with Gasteiger partial charge in [-0.15, -0.1) is 0 Å². The van der Waals surface area contributed by atoms with Crippen molar-refractivity contribution in [3.8, 4) is 0 Å². The minimum absolute atomic E-state index is 0.256. The van der Waals surface area contributed by atoms with Gasteiger partial charge in [-0.1, -0.05) is 6.07 Å². The first-order valence-electron chi connectivity index (χ1n) is 7.86. The van der Waals surface area contributed by atoms with E-state index in [9.17, 15) is 14.0 Å². The van der Waals surface area contributed by atoms with E-state index in [1.54, 1.807) is 18.2 Å². The Bertz CT molecular complexity index is 828. The molecule has 0 aliphatic heterocycles. The summed E-state index contributed by atoms with van der Waals surface area (Å²) < 4.78 is 14.1. The molecule has 1 fully saturated rings. The fourth-order valence-corrected chi connectivity index (χ4v) is 4.11. The van der Waals surface area contributed by atoms with Crippen LogP contribution in [-0.4, -0.2) is 21.7 Å². The number of hydrogen-bond donors (Lipinski definition) is 0. The second-order valence-electron chi connectivity index (χ2n) is 6.55. The zero-order chi connectivity index (χ0) is 16.3. The van der Waals surface area contributed by atoms with Gasteiger partial charge in [-0.2, -0.15) is 0 Å². The maximum Gasteiger partial charge on any atom is 0.226 e. The van der Waals surface area contributed by atoms with Gasteiger partial charge in [0.1, 0.15) is 5.82 Å². The first-order chi connectivity index (χ1) is 11.0. The number of fused-ring (bicyclic) bond motifs is 1. The molecule has 0 N–H and O–H groups in total. The highest BCUT2D eigenvalue weighted by molar-refractivity contribution is 5.94. The highest BCUT2D eigenvalue weighted by Gasteiger charge is 2.48. The van der Waals surface area contributed by atoms with Crippen LogP contribution in [0.5, 0.6) is 0 Å². The molecule has 1 atom stereocenters. The molecule has 5 rings (SSSR count). The quantitative estimate of drug-likeness (QED) is 0.811. The predicted molar refractivity (Wildman–Crippen MR) is 83.1 cm³/mol. The van der Waals surface area contributed by atoms with Crippen molar-refractivity contribution < 1.29 is 14.0 Å². The Kier molecular flexibility index (Phi) is 3.01. The number of halogens is 1. The van der Waals surface area contributed by atoms with Crippen molar-refractivity contribution in [1.82, 2.24) is 9.88 Å². The molecule has 1 heterocycles. The summed E-state index contributed by atoms with van der Waals surface area (Å²) in [6, 6.07) is 6.32. The van der Waals surface area contributed by atoms with Crippen molar-refractivity contribution >= 4 is 22.7 Å². The fraction of sp³-hybridized carbons (Fsp3) is 0.389. The third-order valence-electron chi connectivity index (χ3n) is 5.15. The van der Waals surface area contributed by atoms with Gasteiger partial charge in [0.15, 0.2) is 0 Å². The maximum absolute atomic E-state index is 14.1. The summed E-state index contributed by atoms with van der Waals surface area (Å²) in [6.45, 7) is 2.81. The average molecular weight is 312 g/mol. The van der Waals surface area contributed by atoms with Gasteiger partial charge in [-0.05, 0) is 42.5 Å². The third-order valence-corrected chi connectivity index (χ3v) is 5.15. The number of aromatic nitrogens is 1. The number of carbonyl (C=O) groups is 2. The Morgan fingerprint density at radius 1 is 1.22 bits per heavy atom. The normalized spacial score (nSPS) is 24.7. The first-order valence-corrected chi connectivity index (χ1v) is 7.86. The number of rotatable bonds is 1. The minimum atomic E-state index is -0.326. The van der Waals surface area contributed by atoms with Gasteiger partial charge in [0, 0.05) is 30.8 Å². The van der Waals surface area contributed by atoms with Crippen LogP contribution in [0.2, 0.25) is 0 Å². The summed E-state index contributed by atoms with van der Waals surface area (Å²) in [6.07, 6.45) is 1.87. The second kappa shape index (κ2) is 4.85. The predicted octanol–water partition coefficient (Wildman–Crippen LogP) is 3.32. The number of carbonyl (C=O) groups excluding carboxylic acids is 2. The van der Waals surface area contributed by atoms with E-state index in [0.29, 0.717) is 16.8 Å². The van der Waals surface area contributed by atoms with E-state index in [4.69, 9.17) is 0 Å². The molecule has 118 valence electrons. The van der Waals surface area contributed by atoms with Gasteiger partial charge in [0.25, 0.3) is 0 Å². The zero-order valence-corrected chi connectivity index (χ0v) is 13.0. The molecule has 5 heteroatoms. The zero-order valence-electron chi connectivity index (χ0n) is 13.0. The lowest BCUT2D eigenvalue weighted by atomic mass is 9.61. The number of amides is 2. The molecule has 3 aliphatic rings. The Balaban J connectivity index is 1.94. The SMILES string of the molecule is CC(=O)N(C(C)=O)C1c2cc3c(F)cccc3nc2C2CC1C2. The molecule has 2 bridgehead atoms. The van der Waals surface area contributed by atoms with Gasteiger partial charge < -0.3 is 0 Å². The first kappa shape index (κ1) is 14.3. The minimum Gasteiger partial charge on any atom is -0.275 e. The van der Waals surface area contributed by atoms with Crippen LogP contribution in [0.1, 0.15) is 49.9 Å². The molecule has 1 aromatic carbocycles. The van der Waals surface area contributed by atoms with E-state index in [-0.39, 0.29) is 29.6 Å². The molecule has 23 heavy (non-hydrogen) atoms. The van der Waals surface area contributed by atoms with Crippen molar-refractivity contribution in [3.63, 3.8) is 0 Å². The maximum atomic E-state index is 14.1. The number of hydrogen-bond acceptors (Lipinski definition) is 3. The van der Waals surface area contributed by atoms with Crippen LogP contribution in [0.25, 0.3) is 10.9 Å². The van der Waals surface area contributed by atoms with Crippen molar-refractivity contribution in [2.24, 2.45) is 5.92 Å². The summed E-state index contributed by atoms with van der Waals surface area (Å²) in [5.74, 6) is -0.251. The lowest BCUT2D eigenvalue weighted by Gasteiger charge is -2.50. The van der Waals surface area contributed by atoms with Crippen LogP contribution >= 0.6 is 0 Å². The van der Waals surface area contributed by atoms with E-state index in [2.05, 4.69) is 4.98 Å². The Morgan fingerprint density at radius 3 is 2.57 bits per heavy atom. The summed E-state index contributed by atoms with van der Waals surface area (Å²) >= 11 is 0. The molecule has 0 radical (unpaired) electrons. The molecule has 1 aromatic heterocycles. The summed E-state index contributed by atoms with van der Waals surface area (Å²) in [4.78, 5) is 30.0. The molecular weight excluding hydrogens is 295 g/mol. The molecule has 2 aromatic rings. The Hall–Kier alpha value is -2.30. The van der Waals surface area contributed by atoms with E-state index < -0.39 is 0 Å². The Labute approximate surface area is 133 Å². The van der Waals surface area contributed by atoms with Gasteiger partial charge in [0.2, 0.25) is 11.8 Å². The summed E-state index contributed by atoms with van der Waals surface area (Å²) in [7, 11) is 0. The number of imide groups is 1. The van der Waals surface area contributed by atoms with Crippen molar-refractivity contribution in [3.05, 3.63) is 41.3 Å². The van der Waals surface area contributed by atoms with Crippen LogP contribution < -0.4 is 0 Å². The molecular formula is C18H17FN2O2. The summed E-state index contributed by atoms with van der Waals surface area (Å²) in [5.41, 5.74) is 2.38. The van der Waals surface area contributed by atoms with Crippen LogP contribution in [0.4, 0.5) is 4.39 Å². The van der Waals surface area contributed by atoms with E-state index in [1.165, 1.54) is 24.8 Å². The number of nitrogens with zero attached hydrogens (tertiary/aromatic N) is 2. The molecule has 0 spiro atoms. The molecule has 0 saturated heterocycles. The van der Waals surface area contributed by atoms with Gasteiger partial charge in [0.05, 0.1) is 11.6 Å². The summed E-state index contributed by atoms with van der Waals surface area (Å²) in [5, 5.41) is 0.449. The van der Waals surface area contributed by atoms with Gasteiger partial charge >= 0.3 is 0 Å². The fourth-order valence-electron chi connectivity index (χ4n) is 4.11. The lowest BCUT2D eigenvalue weighted by molar-refractivity contribution is -0.148. The topological polar surface area (TPSA) is 50.3 Å². The smallest absolute Gasteiger partial charge is 0.226 e. The monoisotopic (exact) mass is 312 g/mol. The van der Waals surface area contributed by atoms with Crippen molar-refractivity contribution in [2.75, 3.05) is 0 Å². The number of pyridine rings is 1. The molecule has 4 nitrogen and oxygen atoms in total. The third kappa shape index (κ3) is 1.99. The van der Waals surface area contributed by atoms with Crippen LogP contribution in [0, 0.1) is 11.7 Å². The van der Waals surface area contributed by atoms with E-state index in [1.807, 2.05) is 0 Å². The van der Waals surface area contributed by atoms with Gasteiger partial charge in [-0.3, -0.25) is 19.5 Å². The standard InChI is InChI=1S/C18H17FN2O2/c1-9(22)21(10(2)23)18-12-6-11(7-12)17-14(18)8-13-15(19)4-3-5-16(13)20-17/h3-5,8,11-12,18H,6-7H2,1-2H3. The van der Waals surface area contributed by atoms with Crippen LogP contribution in [0.3, 0.4) is 0 Å². The molecule has 1 saturated carbocycles. The lowest BCUT2D eigenvalue weighted by Crippen LogP contribution is -2.47. The highest BCUT2D eigenvalue weighted by Crippen LogP contribution is 2.56. The largest absolute Gasteiger partial charge is 0.275 e. The molecule has 1 unspecified atom stereocenters. The van der Waals surface area contributed by atoms with E-state index in [0.717, 1.165) is 24.1 Å². The average Bonchev–Trinajstić information content (AvgIpc) is 2.44. The van der Waals surface area contributed by atoms with Crippen molar-refractivity contribution in [2.45, 2.75) is 38.6 Å². The molecule has 2 amide bonds. The van der Waals surface area contributed by atoms with E-state index >= 15 is 0 Å². The van der Waals surface area contributed by atoms with Crippen LogP contribution in [-0.2, 0) is 9.59 Å². The van der Waals surface area contributed by atoms with Gasteiger partial charge in [-0.25, -0.2) is 4.39 Å². The molecule has 3 aliphatic carbocycles. The van der Waals surface area contributed by atoms with Crippen LogP contribution in [0.15, 0.2) is 24.3 Å². The highest BCUT2D eigenvalue weighted by atomic mass is 19.1. The Morgan fingerprint density at radius 2 is 1.91 bits per heavy atom.